The highest BCUT2D eigenvalue weighted by Crippen LogP contribution is 2.32. The van der Waals surface area contributed by atoms with E-state index in [0.29, 0.717) is 12.0 Å². The molecule has 2 aliphatic rings. The number of piperidine rings is 1. The molecule has 0 spiro atoms. The van der Waals surface area contributed by atoms with Crippen LogP contribution in [0, 0.1) is 0 Å². The van der Waals surface area contributed by atoms with Gasteiger partial charge in [0.05, 0.1) is 16.7 Å². The van der Waals surface area contributed by atoms with Crippen molar-refractivity contribution in [2.75, 3.05) is 26.7 Å². The number of hydrogen-bond acceptors (Lipinski definition) is 4. The van der Waals surface area contributed by atoms with E-state index in [-0.39, 0.29) is 0 Å². The van der Waals surface area contributed by atoms with Gasteiger partial charge in [0.2, 0.25) is 0 Å². The third-order valence-corrected chi connectivity index (χ3v) is 4.81. The van der Waals surface area contributed by atoms with Gasteiger partial charge in [-0.25, -0.2) is 4.98 Å². The normalized spacial score (nSPS) is 27.9. The van der Waals surface area contributed by atoms with E-state index in [9.17, 15) is 0 Å². The molecule has 1 unspecified atom stereocenters. The summed E-state index contributed by atoms with van der Waals surface area (Å²) in [6.07, 6.45) is 3.98. The van der Waals surface area contributed by atoms with E-state index in [2.05, 4.69) is 22.6 Å². The first-order valence-electron chi connectivity index (χ1n) is 6.21. The quantitative estimate of drug-likeness (QED) is 0.852. The molecule has 3 heterocycles. The van der Waals surface area contributed by atoms with Gasteiger partial charge in [0, 0.05) is 24.4 Å². The molecular formula is C12H19N3S. The van der Waals surface area contributed by atoms with Crippen LogP contribution < -0.4 is 5.32 Å². The van der Waals surface area contributed by atoms with Crippen LogP contribution in [0.15, 0.2) is 5.38 Å². The Bertz CT molecular complexity index is 359. The van der Waals surface area contributed by atoms with Crippen LogP contribution in [-0.2, 0) is 0 Å². The molecule has 88 valence electrons. The molecule has 3 rings (SSSR count). The lowest BCUT2D eigenvalue weighted by molar-refractivity contribution is 0.184. The molecule has 0 bridgehead atoms. The van der Waals surface area contributed by atoms with Gasteiger partial charge >= 0.3 is 0 Å². The summed E-state index contributed by atoms with van der Waals surface area (Å²) >= 11 is 1.85. The Morgan fingerprint density at radius 1 is 1.44 bits per heavy atom. The van der Waals surface area contributed by atoms with Crippen molar-refractivity contribution in [3.63, 3.8) is 0 Å². The van der Waals surface area contributed by atoms with Crippen LogP contribution in [0.25, 0.3) is 0 Å². The third kappa shape index (κ3) is 1.90. The second kappa shape index (κ2) is 4.43. The average molecular weight is 237 g/mol. The molecule has 1 aromatic heterocycles. The zero-order valence-corrected chi connectivity index (χ0v) is 10.6. The van der Waals surface area contributed by atoms with Crippen molar-refractivity contribution in [2.24, 2.45) is 0 Å². The molecule has 1 atom stereocenters. The minimum Gasteiger partial charge on any atom is -0.315 e. The first-order chi connectivity index (χ1) is 7.84. The Hall–Kier alpha value is -0.450. The molecule has 2 aliphatic heterocycles. The lowest BCUT2D eigenvalue weighted by atomic mass is 10.0. The van der Waals surface area contributed by atoms with Crippen LogP contribution in [-0.4, -0.2) is 36.6 Å². The maximum absolute atomic E-state index is 4.84. The summed E-state index contributed by atoms with van der Waals surface area (Å²) in [5.41, 5.74) is 1.31. The van der Waals surface area contributed by atoms with Crippen molar-refractivity contribution >= 4 is 11.3 Å². The molecule has 0 saturated carbocycles. The van der Waals surface area contributed by atoms with Gasteiger partial charge in [-0.1, -0.05) is 6.42 Å². The van der Waals surface area contributed by atoms with E-state index in [1.165, 1.54) is 36.5 Å². The first-order valence-corrected chi connectivity index (χ1v) is 7.09. The maximum atomic E-state index is 4.84. The Labute approximate surface area is 101 Å². The van der Waals surface area contributed by atoms with Gasteiger partial charge in [0.1, 0.15) is 0 Å². The summed E-state index contributed by atoms with van der Waals surface area (Å²) in [6.45, 7) is 3.46. The number of hydrogen-bond donors (Lipinski definition) is 1. The van der Waals surface area contributed by atoms with E-state index >= 15 is 0 Å². The maximum Gasteiger partial charge on any atom is 0.0985 e. The smallest absolute Gasteiger partial charge is 0.0985 e. The van der Waals surface area contributed by atoms with Crippen molar-refractivity contribution in [3.05, 3.63) is 16.1 Å². The molecule has 3 nitrogen and oxygen atoms in total. The van der Waals surface area contributed by atoms with E-state index in [1.54, 1.807) is 0 Å². The van der Waals surface area contributed by atoms with Crippen LogP contribution in [0.2, 0.25) is 0 Å². The van der Waals surface area contributed by atoms with Crippen LogP contribution >= 0.6 is 11.3 Å². The van der Waals surface area contributed by atoms with Gasteiger partial charge in [-0.2, -0.15) is 0 Å². The van der Waals surface area contributed by atoms with E-state index in [0.717, 1.165) is 13.1 Å². The largest absolute Gasteiger partial charge is 0.315 e. The highest BCUT2D eigenvalue weighted by atomic mass is 32.1. The Kier molecular flexibility index (Phi) is 2.96. The molecule has 0 aromatic carbocycles. The molecule has 0 amide bonds. The summed E-state index contributed by atoms with van der Waals surface area (Å²) in [4.78, 5) is 7.30. The summed E-state index contributed by atoms with van der Waals surface area (Å²) in [7, 11) is 2.23. The predicted octanol–water partition coefficient (Wildman–Crippen LogP) is 1.99. The monoisotopic (exact) mass is 237 g/mol. The highest BCUT2D eigenvalue weighted by molar-refractivity contribution is 7.09. The van der Waals surface area contributed by atoms with Gasteiger partial charge in [0.25, 0.3) is 0 Å². The Morgan fingerprint density at radius 3 is 3.00 bits per heavy atom. The van der Waals surface area contributed by atoms with E-state index < -0.39 is 0 Å². The van der Waals surface area contributed by atoms with Crippen LogP contribution in [0.3, 0.4) is 0 Å². The fourth-order valence-corrected chi connectivity index (χ4v) is 3.52. The second-order valence-electron chi connectivity index (χ2n) is 4.96. The summed E-state index contributed by atoms with van der Waals surface area (Å²) < 4.78 is 0. The minimum atomic E-state index is 0.576. The Balaban J connectivity index is 1.75. The zero-order chi connectivity index (χ0) is 11.0. The molecular weight excluding hydrogens is 218 g/mol. The van der Waals surface area contributed by atoms with E-state index in [1.807, 2.05) is 11.3 Å². The molecule has 0 radical (unpaired) electrons. The number of rotatable bonds is 2. The summed E-state index contributed by atoms with van der Waals surface area (Å²) in [5, 5.41) is 6.93. The number of likely N-dealkylation sites (tertiary alicyclic amines) is 1. The fraction of sp³-hybridized carbons (Fsp3) is 0.750. The number of thiazole rings is 1. The predicted molar refractivity (Wildman–Crippen MR) is 66.9 cm³/mol. The van der Waals surface area contributed by atoms with Gasteiger partial charge < -0.3 is 5.32 Å². The molecule has 16 heavy (non-hydrogen) atoms. The second-order valence-corrected chi connectivity index (χ2v) is 5.85. The number of aromatic nitrogens is 1. The number of nitrogens with zero attached hydrogens (tertiary/aromatic N) is 2. The molecule has 0 aliphatic carbocycles. The zero-order valence-electron chi connectivity index (χ0n) is 9.78. The van der Waals surface area contributed by atoms with Crippen molar-refractivity contribution in [2.45, 2.75) is 31.2 Å². The van der Waals surface area contributed by atoms with Crippen LogP contribution in [0.4, 0.5) is 0 Å². The molecule has 2 fully saturated rings. The number of nitrogens with one attached hydrogen (secondary N) is 1. The van der Waals surface area contributed by atoms with Gasteiger partial charge in [-0.05, 0) is 26.4 Å². The topological polar surface area (TPSA) is 28.2 Å². The van der Waals surface area contributed by atoms with Crippen LogP contribution in [0.5, 0.6) is 0 Å². The van der Waals surface area contributed by atoms with Crippen molar-refractivity contribution in [1.82, 2.24) is 15.2 Å². The third-order valence-electron chi connectivity index (χ3n) is 3.78. The lowest BCUT2D eigenvalue weighted by Crippen LogP contribution is -2.39. The molecule has 1 N–H and O–H groups in total. The van der Waals surface area contributed by atoms with Crippen LogP contribution in [0.1, 0.15) is 41.9 Å². The molecule has 2 saturated heterocycles. The Morgan fingerprint density at radius 2 is 2.31 bits per heavy atom. The minimum absolute atomic E-state index is 0.576. The fourth-order valence-electron chi connectivity index (χ4n) is 2.55. The standard InChI is InChI=1S/C12H19N3S/c1-15-5-3-2-4-11(15)10-8-16-12(14-10)9-6-13-7-9/h8-9,11,13H,2-7H2,1H3. The van der Waals surface area contributed by atoms with Crippen molar-refractivity contribution < 1.29 is 0 Å². The lowest BCUT2D eigenvalue weighted by Gasteiger charge is -2.31. The SMILES string of the molecule is CN1CCCCC1c1csc(C2CNC2)n1. The van der Waals surface area contributed by atoms with Crippen molar-refractivity contribution in [3.8, 4) is 0 Å². The van der Waals surface area contributed by atoms with Gasteiger partial charge in [-0.3, -0.25) is 4.90 Å². The van der Waals surface area contributed by atoms with E-state index in [4.69, 9.17) is 4.98 Å². The van der Waals surface area contributed by atoms with Gasteiger partial charge in [0.15, 0.2) is 0 Å². The van der Waals surface area contributed by atoms with Gasteiger partial charge in [-0.15, -0.1) is 11.3 Å². The summed E-state index contributed by atoms with van der Waals surface area (Å²) in [6, 6.07) is 0.576. The molecule has 1 aromatic rings. The summed E-state index contributed by atoms with van der Waals surface area (Å²) in [5.74, 6) is 0.688. The highest BCUT2D eigenvalue weighted by Gasteiger charge is 2.26. The average Bonchev–Trinajstić information content (AvgIpc) is 2.65. The molecule has 4 heteroatoms. The first kappa shape index (κ1) is 10.7. The van der Waals surface area contributed by atoms with Crippen molar-refractivity contribution in [1.29, 1.82) is 0 Å².